The van der Waals surface area contributed by atoms with Crippen molar-refractivity contribution in [1.82, 2.24) is 20.2 Å². The Hall–Kier alpha value is -2.38. The zero-order valence-corrected chi connectivity index (χ0v) is 11.6. The van der Waals surface area contributed by atoms with Gasteiger partial charge in [0.15, 0.2) is 11.4 Å². The first-order valence-corrected chi connectivity index (χ1v) is 6.22. The number of H-pyrrole nitrogens is 1. The fourth-order valence-electron chi connectivity index (χ4n) is 1.64. The van der Waals surface area contributed by atoms with Gasteiger partial charge in [0.1, 0.15) is 0 Å². The summed E-state index contributed by atoms with van der Waals surface area (Å²) in [5, 5.41) is 11.6. The number of amides is 2. The Morgan fingerprint density at radius 1 is 1.45 bits per heavy atom. The number of carboxylic acids is 1. The summed E-state index contributed by atoms with van der Waals surface area (Å²) in [6.07, 6.45) is 1.14. The number of imidazole rings is 1. The number of hydrogen-bond acceptors (Lipinski definition) is 4. The fraction of sp³-hybridized carbons (Fsp3) is 0.500. The number of aromatic carboxylic acids is 1. The van der Waals surface area contributed by atoms with Gasteiger partial charge in [-0.2, -0.15) is 0 Å². The van der Waals surface area contributed by atoms with Crippen molar-refractivity contribution in [3.05, 3.63) is 17.7 Å². The van der Waals surface area contributed by atoms with E-state index in [-0.39, 0.29) is 36.4 Å². The van der Waals surface area contributed by atoms with Crippen LogP contribution in [0.4, 0.5) is 0 Å². The molecule has 1 aromatic rings. The number of nitrogens with one attached hydrogen (secondary N) is 2. The minimum Gasteiger partial charge on any atom is -0.477 e. The Labute approximate surface area is 116 Å². The number of carbonyl (C=O) groups is 3. The van der Waals surface area contributed by atoms with Gasteiger partial charge in [0.2, 0.25) is 5.91 Å². The standard InChI is InChI=1S/C12H18N4O4/c1-4-16(5-8(17)15-7(2)3)11(18)9-10(12(19)20)14-6-13-9/h6-7H,4-5H2,1-3H3,(H,13,14)(H,15,17)(H,19,20). The molecule has 0 radical (unpaired) electrons. The number of aromatic nitrogens is 2. The Morgan fingerprint density at radius 2 is 2.10 bits per heavy atom. The van der Waals surface area contributed by atoms with Gasteiger partial charge >= 0.3 is 5.97 Å². The quantitative estimate of drug-likeness (QED) is 0.684. The first-order valence-electron chi connectivity index (χ1n) is 6.22. The van der Waals surface area contributed by atoms with E-state index in [1.807, 2.05) is 13.8 Å². The first kappa shape index (κ1) is 15.7. The molecule has 3 N–H and O–H groups in total. The minimum absolute atomic E-state index is 0.0312. The van der Waals surface area contributed by atoms with Crippen LogP contribution in [0.3, 0.4) is 0 Å². The predicted molar refractivity (Wildman–Crippen MR) is 70.4 cm³/mol. The van der Waals surface area contributed by atoms with Crippen molar-refractivity contribution < 1.29 is 19.5 Å². The smallest absolute Gasteiger partial charge is 0.354 e. The Morgan fingerprint density at radius 3 is 2.60 bits per heavy atom. The highest BCUT2D eigenvalue weighted by Crippen LogP contribution is 2.07. The molecule has 0 unspecified atom stereocenters. The lowest BCUT2D eigenvalue weighted by atomic mass is 10.2. The fourth-order valence-corrected chi connectivity index (χ4v) is 1.64. The summed E-state index contributed by atoms with van der Waals surface area (Å²) in [6, 6.07) is -0.0312. The molecule has 0 saturated heterocycles. The van der Waals surface area contributed by atoms with Crippen molar-refractivity contribution in [3.63, 3.8) is 0 Å². The molecular formula is C12H18N4O4. The van der Waals surface area contributed by atoms with E-state index in [0.29, 0.717) is 0 Å². The maximum Gasteiger partial charge on any atom is 0.354 e. The van der Waals surface area contributed by atoms with Gasteiger partial charge in [0, 0.05) is 12.6 Å². The monoisotopic (exact) mass is 282 g/mol. The van der Waals surface area contributed by atoms with Crippen molar-refractivity contribution in [2.24, 2.45) is 0 Å². The molecule has 8 heteroatoms. The van der Waals surface area contributed by atoms with Crippen molar-refractivity contribution >= 4 is 17.8 Å². The number of likely N-dealkylation sites (N-methyl/N-ethyl adjacent to an activating group) is 1. The van der Waals surface area contributed by atoms with Gasteiger partial charge in [0.05, 0.1) is 12.9 Å². The van der Waals surface area contributed by atoms with Crippen LogP contribution in [0.2, 0.25) is 0 Å². The van der Waals surface area contributed by atoms with Crippen LogP contribution in [0.15, 0.2) is 6.33 Å². The molecule has 8 nitrogen and oxygen atoms in total. The van der Waals surface area contributed by atoms with E-state index < -0.39 is 11.9 Å². The number of rotatable bonds is 6. The van der Waals surface area contributed by atoms with E-state index in [1.54, 1.807) is 6.92 Å². The van der Waals surface area contributed by atoms with Crippen molar-refractivity contribution in [1.29, 1.82) is 0 Å². The second kappa shape index (κ2) is 6.69. The Kier molecular flexibility index (Phi) is 5.24. The highest BCUT2D eigenvalue weighted by molar-refractivity contribution is 6.03. The van der Waals surface area contributed by atoms with Crippen LogP contribution < -0.4 is 5.32 Å². The van der Waals surface area contributed by atoms with E-state index >= 15 is 0 Å². The van der Waals surface area contributed by atoms with Gasteiger partial charge in [-0.15, -0.1) is 0 Å². The van der Waals surface area contributed by atoms with Crippen LogP contribution in [0.1, 0.15) is 41.7 Å². The number of carboxylic acid groups (broad SMARTS) is 1. The molecule has 0 aliphatic heterocycles. The first-order chi connectivity index (χ1) is 9.36. The second-order valence-electron chi connectivity index (χ2n) is 4.47. The summed E-state index contributed by atoms with van der Waals surface area (Å²) in [7, 11) is 0. The van der Waals surface area contributed by atoms with Crippen LogP contribution in [0.5, 0.6) is 0 Å². The number of carbonyl (C=O) groups excluding carboxylic acids is 2. The van der Waals surface area contributed by atoms with Crippen LogP contribution in [0.25, 0.3) is 0 Å². The maximum atomic E-state index is 12.2. The van der Waals surface area contributed by atoms with E-state index in [4.69, 9.17) is 5.11 Å². The maximum absolute atomic E-state index is 12.2. The molecule has 1 rings (SSSR count). The highest BCUT2D eigenvalue weighted by atomic mass is 16.4. The molecule has 1 heterocycles. The van der Waals surface area contributed by atoms with Crippen molar-refractivity contribution in [2.75, 3.05) is 13.1 Å². The molecule has 110 valence electrons. The van der Waals surface area contributed by atoms with E-state index in [0.717, 1.165) is 6.33 Å². The zero-order valence-electron chi connectivity index (χ0n) is 11.6. The highest BCUT2D eigenvalue weighted by Gasteiger charge is 2.25. The van der Waals surface area contributed by atoms with E-state index in [1.165, 1.54) is 4.90 Å². The molecule has 0 spiro atoms. The molecule has 0 aliphatic carbocycles. The third kappa shape index (κ3) is 3.81. The van der Waals surface area contributed by atoms with Crippen LogP contribution >= 0.6 is 0 Å². The minimum atomic E-state index is -1.27. The zero-order chi connectivity index (χ0) is 15.3. The predicted octanol–water partition coefficient (Wildman–Crippen LogP) is 0.0946. The molecule has 0 atom stereocenters. The third-order valence-electron chi connectivity index (χ3n) is 2.51. The van der Waals surface area contributed by atoms with E-state index in [9.17, 15) is 14.4 Å². The van der Waals surface area contributed by atoms with Gasteiger partial charge in [-0.25, -0.2) is 9.78 Å². The van der Waals surface area contributed by atoms with E-state index in [2.05, 4.69) is 15.3 Å². The van der Waals surface area contributed by atoms with Crippen molar-refractivity contribution in [2.45, 2.75) is 26.8 Å². The average Bonchev–Trinajstić information content (AvgIpc) is 2.83. The van der Waals surface area contributed by atoms with Crippen molar-refractivity contribution in [3.8, 4) is 0 Å². The summed E-state index contributed by atoms with van der Waals surface area (Å²) >= 11 is 0. The summed E-state index contributed by atoms with van der Waals surface area (Å²) in [6.45, 7) is 5.46. The Balaban J connectivity index is 2.84. The second-order valence-corrected chi connectivity index (χ2v) is 4.47. The molecule has 20 heavy (non-hydrogen) atoms. The number of hydrogen-bond donors (Lipinski definition) is 3. The molecular weight excluding hydrogens is 264 g/mol. The molecule has 0 fully saturated rings. The molecule has 0 aromatic carbocycles. The lowest BCUT2D eigenvalue weighted by molar-refractivity contribution is -0.122. The Bertz CT molecular complexity index is 509. The largest absolute Gasteiger partial charge is 0.477 e. The lowest BCUT2D eigenvalue weighted by Gasteiger charge is -2.20. The third-order valence-corrected chi connectivity index (χ3v) is 2.51. The van der Waals surface area contributed by atoms with Gasteiger partial charge in [-0.05, 0) is 20.8 Å². The number of aromatic amines is 1. The lowest BCUT2D eigenvalue weighted by Crippen LogP contribution is -2.43. The molecule has 1 aromatic heterocycles. The molecule has 0 aliphatic rings. The SMILES string of the molecule is CCN(CC(=O)NC(C)C)C(=O)c1nc[nH]c1C(=O)O. The summed E-state index contributed by atoms with van der Waals surface area (Å²) in [5.74, 6) is -2.17. The average molecular weight is 282 g/mol. The summed E-state index contributed by atoms with van der Waals surface area (Å²) in [5.41, 5.74) is -0.477. The normalized spacial score (nSPS) is 10.4. The molecule has 0 saturated carbocycles. The topological polar surface area (TPSA) is 115 Å². The summed E-state index contributed by atoms with van der Waals surface area (Å²) in [4.78, 5) is 42.1. The van der Waals surface area contributed by atoms with Gasteiger partial charge in [-0.1, -0.05) is 0 Å². The van der Waals surface area contributed by atoms with Gasteiger partial charge in [0.25, 0.3) is 5.91 Å². The summed E-state index contributed by atoms with van der Waals surface area (Å²) < 4.78 is 0. The molecule has 0 bridgehead atoms. The number of nitrogens with zero attached hydrogens (tertiary/aromatic N) is 2. The van der Waals surface area contributed by atoms with Gasteiger partial charge in [-0.3, -0.25) is 9.59 Å². The van der Waals surface area contributed by atoms with Crippen LogP contribution in [-0.2, 0) is 4.79 Å². The molecule has 2 amide bonds. The van der Waals surface area contributed by atoms with Crippen LogP contribution in [-0.4, -0.2) is 56.9 Å². The van der Waals surface area contributed by atoms with Gasteiger partial charge < -0.3 is 20.3 Å². The van der Waals surface area contributed by atoms with Crippen LogP contribution in [0, 0.1) is 0 Å².